The van der Waals surface area contributed by atoms with Crippen molar-refractivity contribution in [2.75, 3.05) is 32.7 Å². The molecule has 2 aromatic heterocycles. The van der Waals surface area contributed by atoms with Crippen LogP contribution >= 0.6 is 11.3 Å². The normalized spacial score (nSPS) is 18.1. The highest BCUT2D eigenvalue weighted by Gasteiger charge is 2.33. The van der Waals surface area contributed by atoms with E-state index in [1.807, 2.05) is 11.0 Å². The molecule has 3 aliphatic rings. The number of rotatable bonds is 5. The molecular weight excluding hydrogens is 438 g/mol. The maximum absolute atomic E-state index is 13.6. The van der Waals surface area contributed by atoms with E-state index in [2.05, 4.69) is 16.3 Å². The van der Waals surface area contributed by atoms with E-state index in [9.17, 15) is 14.9 Å². The van der Waals surface area contributed by atoms with E-state index in [-0.39, 0.29) is 11.6 Å². The third-order valence-electron chi connectivity index (χ3n) is 6.95. The fourth-order valence-electron chi connectivity index (χ4n) is 4.99. The molecule has 0 bridgehead atoms. The summed E-state index contributed by atoms with van der Waals surface area (Å²) in [7, 11) is 0. The number of benzene rings is 1. The SMILES string of the molecule is O=C(c1nn(-c2cccc([N+](=O)[O-])c2)c2c1CCc1sccc1-2)N1CCN(CC2CC2)CC1. The largest absolute Gasteiger partial charge is 0.335 e. The van der Waals surface area contributed by atoms with Crippen LogP contribution in [0.15, 0.2) is 35.7 Å². The van der Waals surface area contributed by atoms with Crippen molar-refractivity contribution in [1.82, 2.24) is 19.6 Å². The van der Waals surface area contributed by atoms with Crippen molar-refractivity contribution in [3.63, 3.8) is 0 Å². The van der Waals surface area contributed by atoms with Crippen LogP contribution in [0.2, 0.25) is 0 Å². The molecule has 170 valence electrons. The van der Waals surface area contributed by atoms with Crippen LogP contribution in [0, 0.1) is 16.0 Å². The molecule has 9 heteroatoms. The van der Waals surface area contributed by atoms with Crippen molar-refractivity contribution in [3.8, 4) is 16.9 Å². The summed E-state index contributed by atoms with van der Waals surface area (Å²) in [5.41, 5.74) is 4.04. The lowest BCUT2D eigenvalue weighted by atomic mass is 9.94. The van der Waals surface area contributed by atoms with Crippen LogP contribution in [0.25, 0.3) is 16.9 Å². The quantitative estimate of drug-likeness (QED) is 0.425. The van der Waals surface area contributed by atoms with Gasteiger partial charge in [-0.2, -0.15) is 5.10 Å². The fraction of sp³-hybridized carbons (Fsp3) is 0.417. The zero-order chi connectivity index (χ0) is 22.5. The number of carbonyl (C=O) groups is 1. The maximum atomic E-state index is 13.6. The molecule has 8 nitrogen and oxygen atoms in total. The van der Waals surface area contributed by atoms with Gasteiger partial charge in [0.2, 0.25) is 0 Å². The van der Waals surface area contributed by atoms with Crippen LogP contribution in [-0.4, -0.2) is 63.1 Å². The predicted octanol–water partition coefficient (Wildman–Crippen LogP) is 3.78. The summed E-state index contributed by atoms with van der Waals surface area (Å²) >= 11 is 1.71. The number of carbonyl (C=O) groups excluding carboxylic acids is 1. The minimum Gasteiger partial charge on any atom is -0.335 e. The van der Waals surface area contributed by atoms with Gasteiger partial charge in [0, 0.05) is 60.9 Å². The molecule has 1 saturated carbocycles. The molecule has 33 heavy (non-hydrogen) atoms. The van der Waals surface area contributed by atoms with Gasteiger partial charge in [0.1, 0.15) is 0 Å². The highest BCUT2D eigenvalue weighted by atomic mass is 32.1. The van der Waals surface area contributed by atoms with Gasteiger partial charge in [-0.25, -0.2) is 4.68 Å². The second-order valence-electron chi connectivity index (χ2n) is 9.16. The third-order valence-corrected chi connectivity index (χ3v) is 7.93. The molecule has 1 aliphatic heterocycles. The lowest BCUT2D eigenvalue weighted by Gasteiger charge is -2.34. The van der Waals surface area contributed by atoms with Crippen molar-refractivity contribution >= 4 is 22.9 Å². The summed E-state index contributed by atoms with van der Waals surface area (Å²) in [5.74, 6) is 0.824. The Hall–Kier alpha value is -3.04. The van der Waals surface area contributed by atoms with E-state index >= 15 is 0 Å². The van der Waals surface area contributed by atoms with Crippen LogP contribution in [0.3, 0.4) is 0 Å². The van der Waals surface area contributed by atoms with Crippen molar-refractivity contribution < 1.29 is 9.72 Å². The Bertz CT molecular complexity index is 1240. The lowest BCUT2D eigenvalue weighted by molar-refractivity contribution is -0.384. The zero-order valence-electron chi connectivity index (χ0n) is 18.3. The number of aryl methyl sites for hydroxylation is 1. The highest BCUT2D eigenvalue weighted by Crippen LogP contribution is 2.40. The van der Waals surface area contributed by atoms with Gasteiger partial charge >= 0.3 is 0 Å². The number of hydrogen-bond donors (Lipinski definition) is 0. The van der Waals surface area contributed by atoms with Crippen molar-refractivity contribution in [2.45, 2.75) is 25.7 Å². The zero-order valence-corrected chi connectivity index (χ0v) is 19.1. The number of nitro benzene ring substituents is 1. The lowest BCUT2D eigenvalue weighted by Crippen LogP contribution is -2.49. The van der Waals surface area contributed by atoms with Crippen molar-refractivity contribution in [1.29, 1.82) is 0 Å². The molecule has 0 radical (unpaired) electrons. The Morgan fingerprint density at radius 2 is 1.97 bits per heavy atom. The average Bonchev–Trinajstić information content (AvgIpc) is 3.37. The van der Waals surface area contributed by atoms with Gasteiger partial charge in [-0.3, -0.25) is 19.8 Å². The van der Waals surface area contributed by atoms with Gasteiger partial charge in [0.15, 0.2) is 5.69 Å². The van der Waals surface area contributed by atoms with Crippen molar-refractivity contribution in [3.05, 3.63) is 62.0 Å². The summed E-state index contributed by atoms with van der Waals surface area (Å²) < 4.78 is 1.74. The first-order chi connectivity index (χ1) is 16.1. The summed E-state index contributed by atoms with van der Waals surface area (Å²) in [6.45, 7) is 4.40. The molecule has 3 aromatic rings. The first kappa shape index (κ1) is 20.6. The van der Waals surface area contributed by atoms with E-state index < -0.39 is 4.92 Å². The minimum atomic E-state index is -0.400. The van der Waals surface area contributed by atoms with Gasteiger partial charge in [0.05, 0.1) is 16.3 Å². The first-order valence-corrected chi connectivity index (χ1v) is 12.4. The summed E-state index contributed by atoms with van der Waals surface area (Å²) in [6, 6.07) is 8.55. The molecule has 2 aliphatic carbocycles. The van der Waals surface area contributed by atoms with Crippen molar-refractivity contribution in [2.24, 2.45) is 5.92 Å². The second kappa shape index (κ2) is 8.07. The van der Waals surface area contributed by atoms with E-state index in [4.69, 9.17) is 5.10 Å². The summed E-state index contributed by atoms with van der Waals surface area (Å²) in [6.07, 6.45) is 4.31. The van der Waals surface area contributed by atoms with Crippen LogP contribution in [-0.2, 0) is 12.8 Å². The van der Waals surface area contributed by atoms with Crippen LogP contribution < -0.4 is 0 Å². The number of fused-ring (bicyclic) bond motifs is 3. The average molecular weight is 464 g/mol. The van der Waals surface area contributed by atoms with E-state index in [1.165, 1.54) is 29.9 Å². The van der Waals surface area contributed by atoms with Crippen LogP contribution in [0.1, 0.15) is 33.8 Å². The Morgan fingerprint density at radius 3 is 2.73 bits per heavy atom. The monoisotopic (exact) mass is 463 g/mol. The number of hydrogen-bond acceptors (Lipinski definition) is 6. The number of amides is 1. The van der Waals surface area contributed by atoms with Gasteiger partial charge < -0.3 is 4.90 Å². The highest BCUT2D eigenvalue weighted by molar-refractivity contribution is 7.10. The smallest absolute Gasteiger partial charge is 0.274 e. The van der Waals surface area contributed by atoms with E-state index in [1.54, 1.807) is 22.1 Å². The number of aromatic nitrogens is 2. The Morgan fingerprint density at radius 1 is 1.15 bits per heavy atom. The predicted molar refractivity (Wildman–Crippen MR) is 126 cm³/mol. The Balaban J connectivity index is 1.36. The number of nitrogens with zero attached hydrogens (tertiary/aromatic N) is 5. The molecule has 0 N–H and O–H groups in total. The maximum Gasteiger partial charge on any atom is 0.274 e. The number of piperazine rings is 1. The van der Waals surface area contributed by atoms with Gasteiger partial charge in [0.25, 0.3) is 11.6 Å². The van der Waals surface area contributed by atoms with E-state index in [0.717, 1.165) is 55.2 Å². The minimum absolute atomic E-state index is 0.0118. The summed E-state index contributed by atoms with van der Waals surface area (Å²) in [5, 5.41) is 18.2. The standard InChI is InChI=1S/C24H25N5O3S/c30-24(27-11-9-26(10-12-27)15-16-4-5-16)22-20-6-7-21-19(8-13-33-21)23(20)28(25-22)17-2-1-3-18(14-17)29(31)32/h1-3,8,13-14,16H,4-7,9-12,15H2. The number of non-ortho nitro benzene ring substituents is 1. The second-order valence-corrected chi connectivity index (χ2v) is 10.2. The molecule has 1 amide bonds. The van der Waals surface area contributed by atoms with Gasteiger partial charge in [-0.1, -0.05) is 6.07 Å². The molecule has 0 spiro atoms. The first-order valence-electron chi connectivity index (χ1n) is 11.5. The van der Waals surface area contributed by atoms with E-state index in [0.29, 0.717) is 24.5 Å². The topological polar surface area (TPSA) is 84.5 Å². The Labute approximate surface area is 195 Å². The number of nitro groups is 1. The third kappa shape index (κ3) is 3.75. The Kier molecular flexibility index (Phi) is 5.03. The molecule has 0 atom stereocenters. The molecule has 6 rings (SSSR count). The van der Waals surface area contributed by atoms with Gasteiger partial charge in [-0.05, 0) is 49.1 Å². The van der Waals surface area contributed by atoms with Crippen LogP contribution in [0.5, 0.6) is 0 Å². The molecule has 1 aromatic carbocycles. The fourth-order valence-corrected chi connectivity index (χ4v) is 5.87. The van der Waals surface area contributed by atoms with Crippen LogP contribution in [0.4, 0.5) is 5.69 Å². The molecule has 0 unspecified atom stereocenters. The van der Waals surface area contributed by atoms with Gasteiger partial charge in [-0.15, -0.1) is 11.3 Å². The number of thiophene rings is 1. The molecule has 2 fully saturated rings. The molecule has 3 heterocycles. The molecular formula is C24H25N5O3S. The molecule has 1 saturated heterocycles. The summed E-state index contributed by atoms with van der Waals surface area (Å²) in [4.78, 5) is 30.2.